The highest BCUT2D eigenvalue weighted by atomic mass is 79.9. The van der Waals surface area contributed by atoms with Gasteiger partial charge in [-0.25, -0.2) is 0 Å². The maximum absolute atomic E-state index is 12.3. The monoisotopic (exact) mass is 397 g/mol. The maximum Gasteiger partial charge on any atom is 0.253 e. The van der Waals surface area contributed by atoms with E-state index in [2.05, 4.69) is 37.2 Å². The van der Waals surface area contributed by atoms with Crippen LogP contribution in [0.25, 0.3) is 0 Å². The summed E-state index contributed by atoms with van der Waals surface area (Å²) in [7, 11) is 0. The van der Waals surface area contributed by atoms with Crippen molar-refractivity contribution < 1.29 is 9.90 Å². The summed E-state index contributed by atoms with van der Waals surface area (Å²) >= 11 is 6.70. The minimum Gasteiger partial charge on any atom is -0.394 e. The van der Waals surface area contributed by atoms with Gasteiger partial charge in [0.1, 0.15) is 0 Å². The van der Waals surface area contributed by atoms with Crippen LogP contribution >= 0.6 is 31.9 Å². The zero-order valence-electron chi connectivity index (χ0n) is 10.5. The number of hydrogen-bond donors (Lipinski definition) is 2. The second-order valence-electron chi connectivity index (χ2n) is 4.24. The van der Waals surface area contributed by atoms with Crippen LogP contribution in [0.2, 0.25) is 0 Å². The van der Waals surface area contributed by atoms with Gasteiger partial charge >= 0.3 is 0 Å². The Hall–Kier alpha value is -1.17. The van der Waals surface area contributed by atoms with Crippen molar-refractivity contribution in [2.45, 2.75) is 6.04 Å². The summed E-state index contributed by atoms with van der Waals surface area (Å²) in [6.45, 7) is -0.151. The molecule has 0 bridgehead atoms. The van der Waals surface area contributed by atoms with Crippen molar-refractivity contribution in [3.8, 4) is 0 Å². The van der Waals surface area contributed by atoms with Crippen LogP contribution in [0, 0.1) is 0 Å². The quantitative estimate of drug-likeness (QED) is 0.825. The molecule has 2 aromatic carbocycles. The molecule has 1 amide bonds. The Morgan fingerprint density at radius 1 is 1.15 bits per heavy atom. The van der Waals surface area contributed by atoms with E-state index in [0.717, 1.165) is 10.0 Å². The van der Waals surface area contributed by atoms with Gasteiger partial charge in [-0.05, 0) is 39.7 Å². The van der Waals surface area contributed by atoms with Crippen LogP contribution in [0.4, 0.5) is 0 Å². The number of aliphatic hydroxyl groups excluding tert-OH is 1. The smallest absolute Gasteiger partial charge is 0.253 e. The Morgan fingerprint density at radius 3 is 2.50 bits per heavy atom. The molecule has 0 spiro atoms. The summed E-state index contributed by atoms with van der Waals surface area (Å²) in [4.78, 5) is 12.3. The molecular weight excluding hydrogens is 386 g/mol. The molecule has 1 atom stereocenters. The van der Waals surface area contributed by atoms with Crippen LogP contribution in [-0.4, -0.2) is 17.6 Å². The normalized spacial score (nSPS) is 11.9. The molecule has 3 nitrogen and oxygen atoms in total. The van der Waals surface area contributed by atoms with Crippen LogP contribution in [0.1, 0.15) is 22.0 Å². The van der Waals surface area contributed by atoms with Gasteiger partial charge in [-0.1, -0.05) is 46.3 Å². The number of carbonyl (C=O) groups excluding carboxylic acids is 1. The predicted molar refractivity (Wildman–Crippen MR) is 85.6 cm³/mol. The molecule has 0 fully saturated rings. The maximum atomic E-state index is 12.3. The Balaban J connectivity index is 2.20. The van der Waals surface area contributed by atoms with Gasteiger partial charge in [0, 0.05) is 8.95 Å². The highest BCUT2D eigenvalue weighted by Crippen LogP contribution is 2.22. The minimum absolute atomic E-state index is 0.151. The average Bonchev–Trinajstić information content (AvgIpc) is 2.48. The Morgan fingerprint density at radius 2 is 1.85 bits per heavy atom. The summed E-state index contributed by atoms with van der Waals surface area (Å²) in [6, 6.07) is 14.3. The van der Waals surface area contributed by atoms with E-state index >= 15 is 0 Å². The molecule has 0 saturated carbocycles. The van der Waals surface area contributed by atoms with E-state index in [1.54, 1.807) is 12.1 Å². The number of aliphatic hydroxyl groups is 1. The molecule has 0 aliphatic heterocycles. The molecule has 0 aliphatic rings. The van der Waals surface area contributed by atoms with Gasteiger partial charge in [-0.15, -0.1) is 0 Å². The van der Waals surface area contributed by atoms with Crippen molar-refractivity contribution in [2.75, 3.05) is 6.61 Å². The summed E-state index contributed by atoms with van der Waals surface area (Å²) in [5.41, 5.74) is 1.39. The molecular formula is C15H13Br2NO2. The zero-order chi connectivity index (χ0) is 14.5. The van der Waals surface area contributed by atoms with Crippen molar-refractivity contribution in [1.82, 2.24) is 5.32 Å². The van der Waals surface area contributed by atoms with Gasteiger partial charge in [0.05, 0.1) is 18.2 Å². The molecule has 0 heterocycles. The fourth-order valence-corrected chi connectivity index (χ4v) is 2.62. The summed E-state index contributed by atoms with van der Waals surface area (Å²) < 4.78 is 1.54. The lowest BCUT2D eigenvalue weighted by Gasteiger charge is -2.17. The first-order valence-electron chi connectivity index (χ1n) is 6.03. The lowest BCUT2D eigenvalue weighted by molar-refractivity contribution is 0.0915. The van der Waals surface area contributed by atoms with Crippen LogP contribution in [0.3, 0.4) is 0 Å². The lowest BCUT2D eigenvalue weighted by Crippen LogP contribution is -2.31. The lowest BCUT2D eigenvalue weighted by atomic mass is 10.1. The van der Waals surface area contributed by atoms with Gasteiger partial charge in [0.25, 0.3) is 5.91 Å². The standard InChI is InChI=1S/C15H13Br2NO2/c16-11-6-7-13(17)12(8-11)15(20)18-14(9-19)10-4-2-1-3-5-10/h1-8,14,19H,9H2,(H,18,20). The predicted octanol–water partition coefficient (Wildman–Crippen LogP) is 3.68. The number of hydrogen-bond acceptors (Lipinski definition) is 2. The zero-order valence-corrected chi connectivity index (χ0v) is 13.7. The summed E-state index contributed by atoms with van der Waals surface area (Å²) in [6.07, 6.45) is 0. The Kier molecular flexibility index (Phi) is 5.34. The molecule has 20 heavy (non-hydrogen) atoms. The van der Waals surface area contributed by atoms with Gasteiger partial charge in [0.2, 0.25) is 0 Å². The number of benzene rings is 2. The number of rotatable bonds is 4. The van der Waals surface area contributed by atoms with Crippen LogP contribution in [0.5, 0.6) is 0 Å². The highest BCUT2D eigenvalue weighted by molar-refractivity contribution is 9.11. The number of amides is 1. The van der Waals surface area contributed by atoms with E-state index in [4.69, 9.17) is 0 Å². The molecule has 2 aromatic rings. The van der Waals surface area contributed by atoms with E-state index in [0.29, 0.717) is 10.0 Å². The van der Waals surface area contributed by atoms with Gasteiger partial charge in [-0.2, -0.15) is 0 Å². The summed E-state index contributed by atoms with van der Waals surface area (Å²) in [5.74, 6) is -0.235. The second-order valence-corrected chi connectivity index (χ2v) is 6.01. The first-order chi connectivity index (χ1) is 9.61. The average molecular weight is 399 g/mol. The fourth-order valence-electron chi connectivity index (χ4n) is 1.83. The first kappa shape index (κ1) is 15.2. The molecule has 0 saturated heterocycles. The van der Waals surface area contributed by atoms with Crippen molar-refractivity contribution in [2.24, 2.45) is 0 Å². The minimum atomic E-state index is -0.422. The van der Waals surface area contributed by atoms with E-state index in [1.165, 1.54) is 0 Å². The van der Waals surface area contributed by atoms with Gasteiger partial charge < -0.3 is 10.4 Å². The topological polar surface area (TPSA) is 49.3 Å². The summed E-state index contributed by atoms with van der Waals surface area (Å²) in [5, 5.41) is 12.3. The van der Waals surface area contributed by atoms with Crippen molar-refractivity contribution >= 4 is 37.8 Å². The molecule has 104 valence electrons. The third-order valence-corrected chi connectivity index (χ3v) is 4.05. The SMILES string of the molecule is O=C(NC(CO)c1ccccc1)c1cc(Br)ccc1Br. The molecule has 1 unspecified atom stereocenters. The largest absolute Gasteiger partial charge is 0.394 e. The third kappa shape index (κ3) is 3.69. The molecule has 0 aromatic heterocycles. The van der Waals surface area contributed by atoms with E-state index in [-0.39, 0.29) is 12.5 Å². The Labute approximate surface area is 134 Å². The van der Waals surface area contributed by atoms with Crippen LogP contribution in [-0.2, 0) is 0 Å². The fraction of sp³-hybridized carbons (Fsp3) is 0.133. The third-order valence-electron chi connectivity index (χ3n) is 2.86. The van der Waals surface area contributed by atoms with Crippen molar-refractivity contribution in [3.63, 3.8) is 0 Å². The molecule has 0 radical (unpaired) electrons. The highest BCUT2D eigenvalue weighted by Gasteiger charge is 2.16. The molecule has 0 aliphatic carbocycles. The number of carbonyl (C=O) groups is 1. The molecule has 5 heteroatoms. The van der Waals surface area contributed by atoms with Crippen LogP contribution < -0.4 is 5.32 Å². The number of halogens is 2. The van der Waals surface area contributed by atoms with Gasteiger partial charge in [0.15, 0.2) is 0 Å². The van der Waals surface area contributed by atoms with E-state index in [9.17, 15) is 9.90 Å². The Bertz CT molecular complexity index is 602. The molecule has 2 N–H and O–H groups in total. The van der Waals surface area contributed by atoms with Gasteiger partial charge in [-0.3, -0.25) is 4.79 Å². The van der Waals surface area contributed by atoms with Crippen molar-refractivity contribution in [3.05, 3.63) is 68.6 Å². The first-order valence-corrected chi connectivity index (χ1v) is 7.62. The number of nitrogens with one attached hydrogen (secondary N) is 1. The second kappa shape index (κ2) is 7.02. The molecule has 2 rings (SSSR count). The van der Waals surface area contributed by atoms with E-state index in [1.807, 2.05) is 36.4 Å². The van der Waals surface area contributed by atoms with Crippen molar-refractivity contribution in [1.29, 1.82) is 0 Å². The van der Waals surface area contributed by atoms with E-state index < -0.39 is 6.04 Å². The van der Waals surface area contributed by atoms with Crippen LogP contribution in [0.15, 0.2) is 57.5 Å².